The van der Waals surface area contributed by atoms with Crippen LogP contribution in [-0.4, -0.2) is 18.4 Å². The minimum atomic E-state index is -0.519. The monoisotopic (exact) mass is 328 g/mol. The molecular weight excluding hydrogens is 307 g/mol. The summed E-state index contributed by atoms with van der Waals surface area (Å²) >= 11 is 0. The molecule has 2 N–H and O–H groups in total. The fourth-order valence-electron chi connectivity index (χ4n) is 2.14. The van der Waals surface area contributed by atoms with Crippen LogP contribution in [0.15, 0.2) is 48.5 Å². The standard InChI is InChI=1S/C19H21FN2O2/c1-19(2,3)14-10-8-13(9-11-14)18(24)21-12-17(23)22-16-7-5-4-6-15(16)20/h4-11H,12H2,1-3H3,(H,21,24)(H,22,23). The molecule has 0 aliphatic carbocycles. The number of hydrogen-bond donors (Lipinski definition) is 2. The molecule has 2 amide bonds. The number of rotatable bonds is 4. The fourth-order valence-corrected chi connectivity index (χ4v) is 2.14. The highest BCUT2D eigenvalue weighted by Gasteiger charge is 2.15. The predicted molar refractivity (Wildman–Crippen MR) is 92.5 cm³/mol. The van der Waals surface area contributed by atoms with Gasteiger partial charge in [-0.05, 0) is 35.2 Å². The van der Waals surface area contributed by atoms with Gasteiger partial charge >= 0.3 is 0 Å². The van der Waals surface area contributed by atoms with Gasteiger partial charge in [-0.3, -0.25) is 9.59 Å². The van der Waals surface area contributed by atoms with E-state index in [1.54, 1.807) is 18.2 Å². The van der Waals surface area contributed by atoms with Crippen LogP contribution in [0.2, 0.25) is 0 Å². The summed E-state index contributed by atoms with van der Waals surface area (Å²) < 4.78 is 13.4. The Kier molecular flexibility index (Phi) is 5.34. The number of anilines is 1. The van der Waals surface area contributed by atoms with E-state index >= 15 is 0 Å². The van der Waals surface area contributed by atoms with Crippen molar-refractivity contribution in [1.82, 2.24) is 5.32 Å². The van der Waals surface area contributed by atoms with Crippen molar-refractivity contribution in [2.45, 2.75) is 26.2 Å². The number of benzene rings is 2. The second-order valence-electron chi connectivity index (χ2n) is 6.54. The van der Waals surface area contributed by atoms with Crippen molar-refractivity contribution in [2.24, 2.45) is 0 Å². The molecule has 4 nitrogen and oxygen atoms in total. The van der Waals surface area contributed by atoms with Crippen LogP contribution in [-0.2, 0) is 10.2 Å². The second-order valence-corrected chi connectivity index (χ2v) is 6.54. The number of halogens is 1. The third kappa shape index (κ3) is 4.65. The van der Waals surface area contributed by atoms with Gasteiger partial charge in [-0.25, -0.2) is 4.39 Å². The molecule has 0 saturated heterocycles. The molecule has 0 aliphatic heterocycles. The molecule has 5 heteroatoms. The van der Waals surface area contributed by atoms with Crippen molar-refractivity contribution >= 4 is 17.5 Å². The van der Waals surface area contributed by atoms with E-state index in [1.165, 1.54) is 18.2 Å². The van der Waals surface area contributed by atoms with Gasteiger partial charge in [0.05, 0.1) is 12.2 Å². The molecule has 0 spiro atoms. The Balaban J connectivity index is 1.91. The Hall–Kier alpha value is -2.69. The number of hydrogen-bond acceptors (Lipinski definition) is 2. The lowest BCUT2D eigenvalue weighted by Gasteiger charge is -2.19. The highest BCUT2D eigenvalue weighted by molar-refractivity contribution is 5.99. The Labute approximate surface area is 141 Å². The fraction of sp³-hybridized carbons (Fsp3) is 0.263. The number of carbonyl (C=O) groups excluding carboxylic acids is 2. The summed E-state index contributed by atoms with van der Waals surface area (Å²) in [6, 6.07) is 13.1. The Bertz CT molecular complexity index is 734. The summed E-state index contributed by atoms with van der Waals surface area (Å²) in [4.78, 5) is 23.9. The molecule has 2 rings (SSSR count). The second kappa shape index (κ2) is 7.25. The molecule has 0 atom stereocenters. The van der Waals surface area contributed by atoms with Crippen LogP contribution in [0.3, 0.4) is 0 Å². The first kappa shape index (κ1) is 17.7. The molecule has 2 aromatic carbocycles. The van der Waals surface area contributed by atoms with Crippen molar-refractivity contribution in [1.29, 1.82) is 0 Å². The van der Waals surface area contributed by atoms with Crippen LogP contribution >= 0.6 is 0 Å². The molecule has 0 heterocycles. The van der Waals surface area contributed by atoms with Crippen LogP contribution in [0.4, 0.5) is 10.1 Å². The summed E-state index contributed by atoms with van der Waals surface area (Å²) in [5.74, 6) is -1.35. The molecule has 126 valence electrons. The molecule has 0 aliphatic rings. The first-order chi connectivity index (χ1) is 11.3. The first-order valence-electron chi connectivity index (χ1n) is 7.70. The summed E-state index contributed by atoms with van der Waals surface area (Å²) in [5, 5.41) is 4.94. The largest absolute Gasteiger partial charge is 0.343 e. The SMILES string of the molecule is CC(C)(C)c1ccc(C(=O)NCC(=O)Nc2ccccc2F)cc1. The van der Waals surface area contributed by atoms with E-state index in [-0.39, 0.29) is 23.6 Å². The maximum absolute atomic E-state index is 13.4. The summed E-state index contributed by atoms with van der Waals surface area (Å²) in [6.45, 7) is 6.05. The van der Waals surface area contributed by atoms with E-state index < -0.39 is 11.7 Å². The number of carbonyl (C=O) groups is 2. The average Bonchev–Trinajstić information content (AvgIpc) is 2.54. The van der Waals surface area contributed by atoms with Crippen molar-refractivity contribution in [3.63, 3.8) is 0 Å². The lowest BCUT2D eigenvalue weighted by molar-refractivity contribution is -0.115. The number of nitrogens with one attached hydrogen (secondary N) is 2. The third-order valence-corrected chi connectivity index (χ3v) is 3.57. The Morgan fingerprint density at radius 2 is 1.62 bits per heavy atom. The maximum atomic E-state index is 13.4. The van der Waals surface area contributed by atoms with Crippen LogP contribution in [0.1, 0.15) is 36.7 Å². The van der Waals surface area contributed by atoms with Crippen molar-refractivity contribution < 1.29 is 14.0 Å². The zero-order chi connectivity index (χ0) is 17.7. The molecule has 0 unspecified atom stereocenters. The van der Waals surface area contributed by atoms with Crippen molar-refractivity contribution in [2.75, 3.05) is 11.9 Å². The average molecular weight is 328 g/mol. The van der Waals surface area contributed by atoms with Gasteiger partial charge in [-0.2, -0.15) is 0 Å². The Morgan fingerprint density at radius 3 is 2.21 bits per heavy atom. The molecule has 0 aromatic heterocycles. The van der Waals surface area contributed by atoms with Crippen molar-refractivity contribution in [3.05, 3.63) is 65.5 Å². The topological polar surface area (TPSA) is 58.2 Å². The van der Waals surface area contributed by atoms with Gasteiger partial charge in [-0.1, -0.05) is 45.0 Å². The van der Waals surface area contributed by atoms with Gasteiger partial charge < -0.3 is 10.6 Å². The van der Waals surface area contributed by atoms with E-state index in [9.17, 15) is 14.0 Å². The van der Waals surface area contributed by atoms with Gasteiger partial charge in [0.2, 0.25) is 5.91 Å². The van der Waals surface area contributed by atoms with Crippen LogP contribution in [0, 0.1) is 5.82 Å². The molecule has 0 radical (unpaired) electrons. The third-order valence-electron chi connectivity index (χ3n) is 3.57. The van der Waals surface area contributed by atoms with Crippen LogP contribution < -0.4 is 10.6 Å². The van der Waals surface area contributed by atoms with E-state index in [2.05, 4.69) is 31.4 Å². The lowest BCUT2D eigenvalue weighted by atomic mass is 9.87. The summed E-state index contributed by atoms with van der Waals surface area (Å²) in [7, 11) is 0. The molecule has 0 bridgehead atoms. The molecule has 0 fully saturated rings. The van der Waals surface area contributed by atoms with Crippen LogP contribution in [0.25, 0.3) is 0 Å². The zero-order valence-corrected chi connectivity index (χ0v) is 14.0. The van der Waals surface area contributed by atoms with Gasteiger partial charge in [0.1, 0.15) is 5.82 Å². The minimum absolute atomic E-state index is 0.00858. The molecular formula is C19H21FN2O2. The number of para-hydroxylation sites is 1. The highest BCUT2D eigenvalue weighted by atomic mass is 19.1. The van der Waals surface area contributed by atoms with Gasteiger partial charge in [-0.15, -0.1) is 0 Å². The summed E-state index contributed by atoms with van der Waals surface area (Å²) in [5.41, 5.74) is 1.69. The quantitative estimate of drug-likeness (QED) is 0.902. The summed E-state index contributed by atoms with van der Waals surface area (Å²) in [6.07, 6.45) is 0. The minimum Gasteiger partial charge on any atom is -0.343 e. The number of amides is 2. The molecule has 2 aromatic rings. The van der Waals surface area contributed by atoms with Crippen molar-refractivity contribution in [3.8, 4) is 0 Å². The van der Waals surface area contributed by atoms with Crippen LogP contribution in [0.5, 0.6) is 0 Å². The first-order valence-corrected chi connectivity index (χ1v) is 7.70. The smallest absolute Gasteiger partial charge is 0.251 e. The lowest BCUT2D eigenvalue weighted by Crippen LogP contribution is -2.33. The van der Waals surface area contributed by atoms with Gasteiger partial charge in [0.25, 0.3) is 5.91 Å². The highest BCUT2D eigenvalue weighted by Crippen LogP contribution is 2.22. The molecule has 0 saturated carbocycles. The van der Waals surface area contributed by atoms with E-state index in [0.29, 0.717) is 5.56 Å². The maximum Gasteiger partial charge on any atom is 0.251 e. The van der Waals surface area contributed by atoms with E-state index in [1.807, 2.05) is 12.1 Å². The van der Waals surface area contributed by atoms with Gasteiger partial charge in [0.15, 0.2) is 0 Å². The zero-order valence-electron chi connectivity index (χ0n) is 14.0. The van der Waals surface area contributed by atoms with Gasteiger partial charge in [0, 0.05) is 5.56 Å². The normalized spacial score (nSPS) is 11.0. The van der Waals surface area contributed by atoms with E-state index in [0.717, 1.165) is 5.56 Å². The molecule has 24 heavy (non-hydrogen) atoms. The predicted octanol–water partition coefficient (Wildman–Crippen LogP) is 3.49. The van der Waals surface area contributed by atoms with E-state index in [4.69, 9.17) is 0 Å². The Morgan fingerprint density at radius 1 is 1.00 bits per heavy atom.